The zero-order valence-electron chi connectivity index (χ0n) is 14.1. The molecule has 2 N–H and O–H groups in total. The average molecular weight is 369 g/mol. The molecule has 8 heteroatoms. The van der Waals surface area contributed by atoms with Crippen molar-refractivity contribution in [2.45, 2.75) is 24.2 Å². The number of carbonyl (C=O) groups is 1. The number of rotatable bonds is 4. The van der Waals surface area contributed by atoms with Crippen LogP contribution in [0, 0.1) is 17.7 Å². The van der Waals surface area contributed by atoms with Crippen LogP contribution >= 0.6 is 0 Å². The van der Waals surface area contributed by atoms with Crippen LogP contribution in [0.3, 0.4) is 0 Å². The van der Waals surface area contributed by atoms with Crippen molar-refractivity contribution in [2.75, 3.05) is 32.7 Å². The van der Waals surface area contributed by atoms with Gasteiger partial charge in [0.25, 0.3) is 0 Å². The third-order valence-electron chi connectivity index (χ3n) is 5.12. The van der Waals surface area contributed by atoms with Gasteiger partial charge in [0.1, 0.15) is 5.82 Å². The van der Waals surface area contributed by atoms with Crippen LogP contribution in [-0.2, 0) is 14.8 Å². The van der Waals surface area contributed by atoms with Crippen LogP contribution in [0.25, 0.3) is 0 Å². The lowest BCUT2D eigenvalue weighted by Crippen LogP contribution is -2.46. The summed E-state index contributed by atoms with van der Waals surface area (Å²) in [6, 6.07) is 4.80. The zero-order valence-corrected chi connectivity index (χ0v) is 14.9. The van der Waals surface area contributed by atoms with Crippen molar-refractivity contribution in [2.24, 2.45) is 17.6 Å². The lowest BCUT2D eigenvalue weighted by Gasteiger charge is -2.33. The van der Waals surface area contributed by atoms with Gasteiger partial charge in [-0.15, -0.1) is 0 Å². The fraction of sp³-hybridized carbons (Fsp3) is 0.588. The average Bonchev–Trinajstić information content (AvgIpc) is 3.11. The predicted octanol–water partition coefficient (Wildman–Crippen LogP) is 1.03. The Morgan fingerprint density at radius 1 is 1.16 bits per heavy atom. The van der Waals surface area contributed by atoms with E-state index in [-0.39, 0.29) is 23.3 Å². The highest BCUT2D eigenvalue weighted by molar-refractivity contribution is 7.89. The number of nitrogens with zero attached hydrogens (tertiary/aromatic N) is 2. The summed E-state index contributed by atoms with van der Waals surface area (Å²) in [5, 5.41) is 0. The molecule has 0 saturated carbocycles. The first-order valence-electron chi connectivity index (χ1n) is 8.66. The topological polar surface area (TPSA) is 83.7 Å². The number of nitrogens with two attached hydrogens (primary N) is 1. The van der Waals surface area contributed by atoms with Gasteiger partial charge >= 0.3 is 0 Å². The minimum absolute atomic E-state index is 0.0231. The van der Waals surface area contributed by atoms with Gasteiger partial charge in [-0.05, 0) is 56.0 Å². The predicted molar refractivity (Wildman–Crippen MR) is 91.6 cm³/mol. The summed E-state index contributed by atoms with van der Waals surface area (Å²) in [5.74, 6) is -0.434. The first kappa shape index (κ1) is 18.3. The normalized spacial score (nSPS) is 25.3. The number of amides is 1. The van der Waals surface area contributed by atoms with Crippen molar-refractivity contribution in [3.05, 3.63) is 30.1 Å². The highest BCUT2D eigenvalue weighted by atomic mass is 32.2. The smallest absolute Gasteiger partial charge is 0.243 e. The summed E-state index contributed by atoms with van der Waals surface area (Å²) < 4.78 is 39.9. The number of benzene rings is 1. The Morgan fingerprint density at radius 2 is 1.88 bits per heavy atom. The third-order valence-corrected chi connectivity index (χ3v) is 7.00. The van der Waals surface area contributed by atoms with Gasteiger partial charge in [-0.25, -0.2) is 12.8 Å². The van der Waals surface area contributed by atoms with Crippen molar-refractivity contribution in [3.8, 4) is 0 Å². The van der Waals surface area contributed by atoms with Gasteiger partial charge in [0.05, 0.1) is 10.8 Å². The first-order valence-corrected chi connectivity index (χ1v) is 10.1. The van der Waals surface area contributed by atoms with Crippen molar-refractivity contribution >= 4 is 15.9 Å². The molecule has 2 saturated heterocycles. The van der Waals surface area contributed by atoms with Crippen LogP contribution in [0.15, 0.2) is 29.2 Å². The van der Waals surface area contributed by atoms with E-state index < -0.39 is 15.8 Å². The van der Waals surface area contributed by atoms with E-state index in [1.807, 2.05) is 4.90 Å². The highest BCUT2D eigenvalue weighted by Gasteiger charge is 2.36. The summed E-state index contributed by atoms with van der Waals surface area (Å²) in [7, 11) is -3.71. The Labute approximate surface area is 147 Å². The SMILES string of the molecule is NCC1CCN(C(=O)C2CCCN(S(=O)(=O)c3ccc(F)cc3)C2)C1. The summed E-state index contributed by atoms with van der Waals surface area (Å²) >= 11 is 0. The van der Waals surface area contributed by atoms with E-state index in [9.17, 15) is 17.6 Å². The van der Waals surface area contributed by atoms with Gasteiger partial charge < -0.3 is 10.6 Å². The Balaban J connectivity index is 1.70. The molecule has 3 rings (SSSR count). The number of likely N-dealkylation sites (tertiary alicyclic amines) is 1. The molecule has 138 valence electrons. The molecule has 1 aromatic rings. The van der Waals surface area contributed by atoms with Crippen LogP contribution in [0.5, 0.6) is 0 Å². The number of halogens is 1. The third kappa shape index (κ3) is 3.86. The number of carbonyl (C=O) groups excluding carboxylic acids is 1. The van der Waals surface area contributed by atoms with Crippen molar-refractivity contribution in [3.63, 3.8) is 0 Å². The van der Waals surface area contributed by atoms with E-state index in [4.69, 9.17) is 5.73 Å². The molecular formula is C17H24FN3O3S. The quantitative estimate of drug-likeness (QED) is 0.859. The molecule has 2 aliphatic heterocycles. The Kier molecular flexibility index (Phi) is 5.41. The summed E-state index contributed by atoms with van der Waals surface area (Å²) in [6.07, 6.45) is 2.25. The van der Waals surface area contributed by atoms with Gasteiger partial charge in [0.2, 0.25) is 15.9 Å². The molecule has 2 aliphatic rings. The number of hydrogen-bond donors (Lipinski definition) is 1. The molecule has 6 nitrogen and oxygen atoms in total. The Morgan fingerprint density at radius 3 is 2.52 bits per heavy atom. The molecule has 2 fully saturated rings. The summed E-state index contributed by atoms with van der Waals surface area (Å²) in [6.45, 7) is 2.50. The lowest BCUT2D eigenvalue weighted by molar-refractivity contribution is -0.135. The van der Waals surface area contributed by atoms with Crippen LogP contribution < -0.4 is 5.73 Å². The van der Waals surface area contributed by atoms with E-state index in [1.54, 1.807) is 0 Å². The molecule has 2 heterocycles. The molecule has 1 aromatic carbocycles. The lowest BCUT2D eigenvalue weighted by atomic mass is 9.98. The molecule has 25 heavy (non-hydrogen) atoms. The fourth-order valence-electron chi connectivity index (χ4n) is 3.60. The van der Waals surface area contributed by atoms with Crippen LogP contribution in [0.1, 0.15) is 19.3 Å². The zero-order chi connectivity index (χ0) is 18.0. The molecule has 0 aliphatic carbocycles. The van der Waals surface area contributed by atoms with Crippen LogP contribution in [0.2, 0.25) is 0 Å². The Bertz CT molecular complexity index is 723. The van der Waals surface area contributed by atoms with E-state index in [0.717, 1.165) is 18.6 Å². The molecule has 2 atom stereocenters. The monoisotopic (exact) mass is 369 g/mol. The molecule has 0 radical (unpaired) electrons. The van der Waals surface area contributed by atoms with Gasteiger partial charge in [-0.2, -0.15) is 4.31 Å². The van der Waals surface area contributed by atoms with Gasteiger partial charge in [-0.1, -0.05) is 0 Å². The van der Waals surface area contributed by atoms with Crippen molar-refractivity contribution in [1.82, 2.24) is 9.21 Å². The molecule has 0 bridgehead atoms. The molecule has 0 spiro atoms. The molecular weight excluding hydrogens is 345 g/mol. The maximum Gasteiger partial charge on any atom is 0.243 e. The van der Waals surface area contributed by atoms with Crippen molar-refractivity contribution in [1.29, 1.82) is 0 Å². The van der Waals surface area contributed by atoms with Crippen LogP contribution in [0.4, 0.5) is 4.39 Å². The summed E-state index contributed by atoms with van der Waals surface area (Å²) in [5.41, 5.74) is 5.68. The Hall–Kier alpha value is -1.51. The second kappa shape index (κ2) is 7.39. The van der Waals surface area contributed by atoms with E-state index in [1.165, 1.54) is 16.4 Å². The van der Waals surface area contributed by atoms with Gasteiger partial charge in [-0.3, -0.25) is 4.79 Å². The van der Waals surface area contributed by atoms with E-state index >= 15 is 0 Å². The standard InChI is InChI=1S/C17H24FN3O3S/c18-15-3-5-16(6-4-15)25(23,24)21-8-1-2-14(12-21)17(22)20-9-7-13(10-19)11-20/h3-6,13-14H,1-2,7-12,19H2. The second-order valence-corrected chi connectivity index (χ2v) is 8.77. The number of piperidine rings is 1. The van der Waals surface area contributed by atoms with Gasteiger partial charge in [0, 0.05) is 26.2 Å². The number of sulfonamides is 1. The highest BCUT2D eigenvalue weighted by Crippen LogP contribution is 2.27. The first-order chi connectivity index (χ1) is 11.9. The van der Waals surface area contributed by atoms with Crippen molar-refractivity contribution < 1.29 is 17.6 Å². The van der Waals surface area contributed by atoms with E-state index in [0.29, 0.717) is 44.9 Å². The largest absolute Gasteiger partial charge is 0.342 e. The minimum atomic E-state index is -3.71. The maximum atomic E-state index is 13.1. The summed E-state index contributed by atoms with van der Waals surface area (Å²) in [4.78, 5) is 14.6. The molecule has 2 unspecified atom stereocenters. The van der Waals surface area contributed by atoms with Gasteiger partial charge in [0.15, 0.2) is 0 Å². The van der Waals surface area contributed by atoms with E-state index in [2.05, 4.69) is 0 Å². The minimum Gasteiger partial charge on any atom is -0.342 e. The maximum absolute atomic E-state index is 13.1. The number of hydrogen-bond acceptors (Lipinski definition) is 4. The molecule has 1 amide bonds. The fourth-order valence-corrected chi connectivity index (χ4v) is 5.13. The van der Waals surface area contributed by atoms with Crippen LogP contribution in [-0.4, -0.2) is 56.3 Å². The second-order valence-electron chi connectivity index (χ2n) is 6.83. The molecule has 0 aromatic heterocycles.